The van der Waals surface area contributed by atoms with E-state index in [2.05, 4.69) is 4.72 Å². The molecule has 0 aliphatic heterocycles. The summed E-state index contributed by atoms with van der Waals surface area (Å²) in [5.74, 6) is 0. The summed E-state index contributed by atoms with van der Waals surface area (Å²) in [6, 6.07) is 4.61. The molecule has 0 spiro atoms. The number of hydrogen-bond acceptors (Lipinski definition) is 3. The van der Waals surface area contributed by atoms with Gasteiger partial charge in [-0.05, 0) is 50.3 Å². The highest BCUT2D eigenvalue weighted by atomic mass is 35.5. The Morgan fingerprint density at radius 2 is 2.11 bits per heavy atom. The van der Waals surface area contributed by atoms with E-state index in [0.717, 1.165) is 19.3 Å². The lowest BCUT2D eigenvalue weighted by Gasteiger charge is -2.26. The van der Waals surface area contributed by atoms with Crippen molar-refractivity contribution in [2.75, 3.05) is 0 Å². The van der Waals surface area contributed by atoms with Gasteiger partial charge in [-0.25, -0.2) is 13.1 Å². The van der Waals surface area contributed by atoms with Crippen LogP contribution in [-0.4, -0.2) is 25.7 Å². The molecule has 0 aromatic heterocycles. The minimum Gasteiger partial charge on any atom is -0.393 e. The lowest BCUT2D eigenvalue weighted by atomic mass is 9.94. The fourth-order valence-corrected chi connectivity index (χ4v) is 4.21. The van der Waals surface area contributed by atoms with Gasteiger partial charge in [0.2, 0.25) is 10.0 Å². The van der Waals surface area contributed by atoms with Gasteiger partial charge in [0, 0.05) is 11.1 Å². The quantitative estimate of drug-likeness (QED) is 0.900. The molecule has 4 nitrogen and oxygen atoms in total. The molecule has 0 heterocycles. The molecule has 2 rings (SSSR count). The molecule has 1 aromatic carbocycles. The van der Waals surface area contributed by atoms with Gasteiger partial charge in [0.25, 0.3) is 0 Å². The number of halogens is 1. The molecule has 1 aliphatic carbocycles. The maximum absolute atomic E-state index is 12.3. The molecule has 6 heteroatoms. The van der Waals surface area contributed by atoms with Crippen LogP contribution in [0.3, 0.4) is 0 Å². The molecule has 19 heavy (non-hydrogen) atoms. The van der Waals surface area contributed by atoms with Crippen LogP contribution in [0.25, 0.3) is 0 Å². The first kappa shape index (κ1) is 14.8. The molecule has 1 aromatic rings. The van der Waals surface area contributed by atoms with E-state index in [1.165, 1.54) is 6.07 Å². The summed E-state index contributed by atoms with van der Waals surface area (Å²) in [5, 5.41) is 9.99. The lowest BCUT2D eigenvalue weighted by Crippen LogP contribution is -2.39. The normalized spacial score (nSPS) is 24.4. The third kappa shape index (κ3) is 3.69. The first-order valence-corrected chi connectivity index (χ1v) is 8.21. The third-order valence-electron chi connectivity index (χ3n) is 3.41. The van der Waals surface area contributed by atoms with E-state index in [4.69, 9.17) is 11.6 Å². The Morgan fingerprint density at radius 3 is 2.79 bits per heavy atom. The first-order chi connectivity index (χ1) is 8.88. The minimum atomic E-state index is -3.58. The van der Waals surface area contributed by atoms with Crippen LogP contribution < -0.4 is 4.72 Å². The van der Waals surface area contributed by atoms with Crippen LogP contribution in [0.2, 0.25) is 5.02 Å². The zero-order valence-electron chi connectivity index (χ0n) is 10.8. The lowest BCUT2D eigenvalue weighted by molar-refractivity contribution is 0.117. The van der Waals surface area contributed by atoms with Gasteiger partial charge in [0.1, 0.15) is 0 Å². The van der Waals surface area contributed by atoms with Crippen molar-refractivity contribution in [1.29, 1.82) is 0 Å². The fourth-order valence-electron chi connectivity index (χ4n) is 2.42. The van der Waals surface area contributed by atoms with Crippen molar-refractivity contribution in [2.24, 2.45) is 0 Å². The van der Waals surface area contributed by atoms with E-state index >= 15 is 0 Å². The summed E-state index contributed by atoms with van der Waals surface area (Å²) in [6.07, 6.45) is 2.40. The number of nitrogens with one attached hydrogen (secondary N) is 1. The maximum Gasteiger partial charge on any atom is 0.241 e. The average molecular weight is 304 g/mol. The van der Waals surface area contributed by atoms with E-state index in [0.29, 0.717) is 17.0 Å². The van der Waals surface area contributed by atoms with Crippen LogP contribution in [0, 0.1) is 6.92 Å². The molecular formula is C13H18ClNO3S. The summed E-state index contributed by atoms with van der Waals surface area (Å²) in [7, 11) is -3.58. The molecule has 0 bridgehead atoms. The van der Waals surface area contributed by atoms with Crippen LogP contribution in [0.15, 0.2) is 23.1 Å². The smallest absolute Gasteiger partial charge is 0.241 e. The standard InChI is InChI=1S/C13H18ClNO3S/c1-9-5-6-10(14)7-13(9)19(17,18)15-11-3-2-4-12(16)8-11/h5-7,11-12,15-16H,2-4,8H2,1H3/t11-,12+/m0/s1. The zero-order valence-corrected chi connectivity index (χ0v) is 12.3. The average Bonchev–Trinajstić information content (AvgIpc) is 2.31. The largest absolute Gasteiger partial charge is 0.393 e. The van der Waals surface area contributed by atoms with Gasteiger partial charge in [0.05, 0.1) is 11.0 Å². The summed E-state index contributed by atoms with van der Waals surface area (Å²) < 4.78 is 27.3. The number of aliphatic hydroxyl groups is 1. The Morgan fingerprint density at radius 1 is 1.37 bits per heavy atom. The molecule has 1 fully saturated rings. The molecule has 0 saturated heterocycles. The number of hydrogen-bond donors (Lipinski definition) is 2. The van der Waals surface area contributed by atoms with Crippen LogP contribution >= 0.6 is 11.6 Å². The van der Waals surface area contributed by atoms with Gasteiger partial charge in [-0.15, -0.1) is 0 Å². The van der Waals surface area contributed by atoms with E-state index in [-0.39, 0.29) is 10.9 Å². The summed E-state index contributed by atoms with van der Waals surface area (Å²) >= 11 is 5.86. The fraction of sp³-hybridized carbons (Fsp3) is 0.538. The van der Waals surface area contributed by atoms with Crippen molar-refractivity contribution in [3.63, 3.8) is 0 Å². The predicted octanol–water partition coefficient (Wildman–Crippen LogP) is 2.23. The third-order valence-corrected chi connectivity index (χ3v) is 5.31. The van der Waals surface area contributed by atoms with Crippen molar-refractivity contribution >= 4 is 21.6 Å². The second kappa shape index (κ2) is 5.79. The molecule has 0 unspecified atom stereocenters. The molecule has 2 N–H and O–H groups in total. The van der Waals surface area contributed by atoms with Gasteiger partial charge >= 0.3 is 0 Å². The van der Waals surface area contributed by atoms with Crippen LogP contribution in [0.5, 0.6) is 0 Å². The minimum absolute atomic E-state index is 0.202. The summed E-state index contributed by atoms with van der Waals surface area (Å²) in [4.78, 5) is 0.208. The molecule has 1 aliphatic rings. The Bertz CT molecular complexity index is 559. The van der Waals surface area contributed by atoms with Crippen LogP contribution in [-0.2, 0) is 10.0 Å². The van der Waals surface area contributed by atoms with Crippen molar-refractivity contribution in [1.82, 2.24) is 4.72 Å². The summed E-state index contributed by atoms with van der Waals surface area (Å²) in [5.41, 5.74) is 0.660. The Balaban J connectivity index is 2.20. The second-order valence-corrected chi connectivity index (χ2v) is 7.17. The Hall–Kier alpha value is -0.620. The number of aliphatic hydroxyl groups excluding tert-OH is 1. The van der Waals surface area contributed by atoms with Crippen molar-refractivity contribution < 1.29 is 13.5 Å². The van der Waals surface area contributed by atoms with Crippen LogP contribution in [0.4, 0.5) is 0 Å². The van der Waals surface area contributed by atoms with Gasteiger partial charge in [-0.2, -0.15) is 0 Å². The molecule has 0 amide bonds. The molecule has 1 saturated carbocycles. The van der Waals surface area contributed by atoms with E-state index in [9.17, 15) is 13.5 Å². The predicted molar refractivity (Wildman–Crippen MR) is 74.8 cm³/mol. The van der Waals surface area contributed by atoms with E-state index < -0.39 is 16.1 Å². The van der Waals surface area contributed by atoms with E-state index in [1.54, 1.807) is 19.1 Å². The number of sulfonamides is 1. The van der Waals surface area contributed by atoms with Gasteiger partial charge in [-0.3, -0.25) is 0 Å². The highest BCUT2D eigenvalue weighted by molar-refractivity contribution is 7.89. The molecule has 0 radical (unpaired) electrons. The van der Waals surface area contributed by atoms with Gasteiger partial charge in [0.15, 0.2) is 0 Å². The monoisotopic (exact) mass is 303 g/mol. The van der Waals surface area contributed by atoms with Gasteiger partial charge < -0.3 is 5.11 Å². The summed E-state index contributed by atoms with van der Waals surface area (Å²) in [6.45, 7) is 1.74. The van der Waals surface area contributed by atoms with Crippen molar-refractivity contribution in [3.05, 3.63) is 28.8 Å². The highest BCUT2D eigenvalue weighted by Crippen LogP contribution is 2.23. The maximum atomic E-state index is 12.3. The topological polar surface area (TPSA) is 66.4 Å². The molecule has 106 valence electrons. The van der Waals surface area contributed by atoms with Crippen molar-refractivity contribution in [3.8, 4) is 0 Å². The zero-order chi connectivity index (χ0) is 14.0. The highest BCUT2D eigenvalue weighted by Gasteiger charge is 2.26. The SMILES string of the molecule is Cc1ccc(Cl)cc1S(=O)(=O)N[C@H]1CCC[C@@H](O)C1. The Kier molecular flexibility index (Phi) is 4.50. The van der Waals surface area contributed by atoms with E-state index in [1.807, 2.05) is 0 Å². The Labute approximate surface area is 118 Å². The second-order valence-electron chi connectivity index (χ2n) is 5.05. The number of rotatable bonds is 3. The van der Waals surface area contributed by atoms with Crippen molar-refractivity contribution in [2.45, 2.75) is 49.6 Å². The number of aryl methyl sites for hydroxylation is 1. The van der Waals surface area contributed by atoms with Crippen LogP contribution in [0.1, 0.15) is 31.2 Å². The number of benzene rings is 1. The first-order valence-electron chi connectivity index (χ1n) is 6.35. The molecule has 2 atom stereocenters. The molecular weight excluding hydrogens is 286 g/mol. The van der Waals surface area contributed by atoms with Gasteiger partial charge in [-0.1, -0.05) is 17.7 Å².